The molecule has 2 aliphatic carbocycles. The Balaban J connectivity index is 1.47. The first-order valence-corrected chi connectivity index (χ1v) is 11.3. The maximum absolute atomic E-state index is 12.8. The van der Waals surface area contributed by atoms with Gasteiger partial charge in [0.1, 0.15) is 11.6 Å². The van der Waals surface area contributed by atoms with Crippen molar-refractivity contribution in [2.24, 2.45) is 23.7 Å². The number of aryl methyl sites for hydroxylation is 2. The van der Waals surface area contributed by atoms with Crippen molar-refractivity contribution in [3.05, 3.63) is 54.0 Å². The van der Waals surface area contributed by atoms with Crippen LogP contribution in [0.4, 0.5) is 11.5 Å². The van der Waals surface area contributed by atoms with E-state index in [4.69, 9.17) is 0 Å². The minimum absolute atomic E-state index is 0.00527. The van der Waals surface area contributed by atoms with Gasteiger partial charge in [-0.15, -0.1) is 0 Å². The molecule has 0 saturated heterocycles. The number of hydrogen-bond acceptors (Lipinski definition) is 6. The number of carboxylic acids is 1. The number of carbonyl (C=O) groups is 2. The van der Waals surface area contributed by atoms with Crippen LogP contribution >= 0.6 is 0 Å². The zero-order valence-electron chi connectivity index (χ0n) is 16.9. The summed E-state index contributed by atoms with van der Waals surface area (Å²) in [6.45, 7) is 3.41. The Hall–Kier alpha value is -3.27. The first-order valence-electron chi connectivity index (χ1n) is 9.81. The molecule has 0 spiro atoms. The molecule has 0 radical (unpaired) electrons. The van der Waals surface area contributed by atoms with Crippen molar-refractivity contribution in [3.8, 4) is 0 Å². The Bertz CT molecular complexity index is 1160. The molecule has 162 valence electrons. The zero-order chi connectivity index (χ0) is 22.3. The number of anilines is 2. The maximum Gasteiger partial charge on any atom is 0.307 e. The van der Waals surface area contributed by atoms with Crippen molar-refractivity contribution in [3.63, 3.8) is 0 Å². The molecule has 1 aromatic heterocycles. The average Bonchev–Trinajstić information content (AvgIpc) is 3.28. The topological polar surface area (TPSA) is 138 Å². The number of carboxylic acid groups (broad SMARTS) is 1. The van der Waals surface area contributed by atoms with Crippen molar-refractivity contribution in [2.45, 2.75) is 25.2 Å². The number of nitrogens with zero attached hydrogens (tertiary/aromatic N) is 2. The van der Waals surface area contributed by atoms with Crippen molar-refractivity contribution in [2.75, 3.05) is 10.0 Å². The van der Waals surface area contributed by atoms with E-state index in [2.05, 4.69) is 20.0 Å². The number of amides is 1. The zero-order valence-corrected chi connectivity index (χ0v) is 17.8. The molecule has 1 saturated carbocycles. The smallest absolute Gasteiger partial charge is 0.307 e. The van der Waals surface area contributed by atoms with Crippen LogP contribution in [0.25, 0.3) is 0 Å². The maximum atomic E-state index is 12.8. The van der Waals surface area contributed by atoms with Gasteiger partial charge in [0.15, 0.2) is 0 Å². The SMILES string of the molecule is Cc1cc(NS(=O)(=O)c2ccc(NC(=O)[C@@H]3[C@@H](C(=O)O)[C@H]4C=C[C@@H]3C4)cc2)nc(C)n1. The van der Waals surface area contributed by atoms with Crippen LogP contribution in [-0.4, -0.2) is 35.4 Å². The molecule has 3 N–H and O–H groups in total. The minimum atomic E-state index is -3.87. The Morgan fingerprint density at radius 3 is 2.29 bits per heavy atom. The fraction of sp³-hybridized carbons (Fsp3) is 0.333. The lowest BCUT2D eigenvalue weighted by atomic mass is 9.82. The third-order valence-corrected chi connectivity index (χ3v) is 7.05. The van der Waals surface area contributed by atoms with Crippen LogP contribution in [-0.2, 0) is 19.6 Å². The molecule has 2 aromatic rings. The lowest BCUT2D eigenvalue weighted by Crippen LogP contribution is -2.36. The van der Waals surface area contributed by atoms with Crippen LogP contribution in [0.3, 0.4) is 0 Å². The molecule has 1 heterocycles. The van der Waals surface area contributed by atoms with Gasteiger partial charge in [0.05, 0.1) is 16.7 Å². The van der Waals surface area contributed by atoms with E-state index in [0.717, 1.165) is 0 Å². The number of rotatable bonds is 6. The van der Waals surface area contributed by atoms with Gasteiger partial charge < -0.3 is 10.4 Å². The van der Waals surface area contributed by atoms with Crippen LogP contribution in [0.1, 0.15) is 17.9 Å². The number of aliphatic carboxylic acids is 1. The van der Waals surface area contributed by atoms with Crippen LogP contribution in [0.5, 0.6) is 0 Å². The number of hydrogen-bond donors (Lipinski definition) is 3. The van der Waals surface area contributed by atoms with Gasteiger partial charge >= 0.3 is 5.97 Å². The summed E-state index contributed by atoms with van der Waals surface area (Å²) in [5, 5.41) is 12.2. The highest BCUT2D eigenvalue weighted by Crippen LogP contribution is 2.48. The Labute approximate surface area is 179 Å². The van der Waals surface area contributed by atoms with Gasteiger partial charge in [-0.1, -0.05) is 12.2 Å². The van der Waals surface area contributed by atoms with E-state index >= 15 is 0 Å². The average molecular weight is 442 g/mol. The second-order valence-corrected chi connectivity index (χ2v) is 9.58. The third-order valence-electron chi connectivity index (χ3n) is 5.68. The number of aromatic nitrogens is 2. The molecule has 2 bridgehead atoms. The molecule has 4 atom stereocenters. The fourth-order valence-corrected chi connectivity index (χ4v) is 5.42. The second kappa shape index (κ2) is 7.77. The molecular weight excluding hydrogens is 420 g/mol. The van der Waals surface area contributed by atoms with Crippen molar-refractivity contribution in [1.82, 2.24) is 9.97 Å². The minimum Gasteiger partial charge on any atom is -0.481 e. The van der Waals surface area contributed by atoms with Gasteiger partial charge in [-0.3, -0.25) is 14.3 Å². The first kappa shape index (κ1) is 21.0. The summed E-state index contributed by atoms with van der Waals surface area (Å²) in [4.78, 5) is 32.6. The molecule has 2 aliphatic rings. The highest BCUT2D eigenvalue weighted by Gasteiger charge is 2.51. The van der Waals surface area contributed by atoms with Gasteiger partial charge in [0, 0.05) is 17.4 Å². The molecule has 10 heteroatoms. The summed E-state index contributed by atoms with van der Waals surface area (Å²) < 4.78 is 27.7. The van der Waals surface area contributed by atoms with E-state index in [1.54, 1.807) is 13.8 Å². The predicted molar refractivity (Wildman–Crippen MR) is 113 cm³/mol. The monoisotopic (exact) mass is 442 g/mol. The van der Waals surface area contributed by atoms with Crippen molar-refractivity contribution < 1.29 is 23.1 Å². The summed E-state index contributed by atoms with van der Waals surface area (Å²) in [5.41, 5.74) is 1.03. The van der Waals surface area contributed by atoms with E-state index in [9.17, 15) is 23.1 Å². The molecule has 1 amide bonds. The van der Waals surface area contributed by atoms with Gasteiger partial charge in [0.25, 0.3) is 10.0 Å². The normalized spacial score (nSPS) is 24.2. The summed E-state index contributed by atoms with van der Waals surface area (Å²) >= 11 is 0. The summed E-state index contributed by atoms with van der Waals surface area (Å²) in [6.07, 6.45) is 4.45. The van der Waals surface area contributed by atoms with Crippen LogP contribution in [0.2, 0.25) is 0 Å². The third kappa shape index (κ3) is 4.15. The number of benzene rings is 1. The number of nitrogens with one attached hydrogen (secondary N) is 2. The molecule has 1 aromatic carbocycles. The van der Waals surface area contributed by atoms with E-state index in [0.29, 0.717) is 23.6 Å². The standard InChI is InChI=1S/C21H22N4O5S/c1-11-9-17(23-12(2)22-11)25-31(29,30)16-7-5-15(6-8-16)24-20(26)18-13-3-4-14(10-13)19(18)21(27)28/h3-9,13-14,18-19H,10H2,1-2H3,(H,24,26)(H,27,28)(H,22,23,25)/t13-,14+,18+,19+/m1/s1. The number of carbonyl (C=O) groups excluding carboxylic acids is 1. The van der Waals surface area contributed by atoms with Crippen molar-refractivity contribution >= 4 is 33.4 Å². The van der Waals surface area contributed by atoms with Gasteiger partial charge in [-0.25, -0.2) is 18.4 Å². The second-order valence-electron chi connectivity index (χ2n) is 7.90. The van der Waals surface area contributed by atoms with Gasteiger partial charge in [-0.05, 0) is 56.4 Å². The predicted octanol–water partition coefficient (Wildman–Crippen LogP) is 2.36. The van der Waals surface area contributed by atoms with Crippen LogP contribution in [0, 0.1) is 37.5 Å². The molecule has 1 fully saturated rings. The van der Waals surface area contributed by atoms with E-state index in [1.807, 2.05) is 12.2 Å². The lowest BCUT2D eigenvalue weighted by Gasteiger charge is -2.23. The molecule has 9 nitrogen and oxygen atoms in total. The van der Waals surface area contributed by atoms with Crippen LogP contribution in [0.15, 0.2) is 47.4 Å². The number of allylic oxidation sites excluding steroid dienone is 2. The number of sulfonamides is 1. The molecule has 4 rings (SSSR count). The highest BCUT2D eigenvalue weighted by atomic mass is 32.2. The molecular formula is C21H22N4O5S. The fourth-order valence-electron chi connectivity index (χ4n) is 4.43. The van der Waals surface area contributed by atoms with Crippen LogP contribution < -0.4 is 10.0 Å². The van der Waals surface area contributed by atoms with Crippen molar-refractivity contribution in [1.29, 1.82) is 0 Å². The molecule has 0 unspecified atom stereocenters. The van der Waals surface area contributed by atoms with E-state index in [1.165, 1.54) is 30.3 Å². The highest BCUT2D eigenvalue weighted by molar-refractivity contribution is 7.92. The lowest BCUT2D eigenvalue weighted by molar-refractivity contribution is -0.146. The number of fused-ring (bicyclic) bond motifs is 2. The van der Waals surface area contributed by atoms with Gasteiger partial charge in [0.2, 0.25) is 5.91 Å². The Morgan fingerprint density at radius 1 is 1.03 bits per heavy atom. The first-order chi connectivity index (χ1) is 14.6. The molecule has 0 aliphatic heterocycles. The quantitative estimate of drug-likeness (QED) is 0.584. The van der Waals surface area contributed by atoms with Gasteiger partial charge in [-0.2, -0.15) is 0 Å². The summed E-state index contributed by atoms with van der Waals surface area (Å²) in [7, 11) is -3.87. The Kier molecular flexibility index (Phi) is 5.26. The molecule has 31 heavy (non-hydrogen) atoms. The van der Waals surface area contributed by atoms with E-state index in [-0.39, 0.29) is 28.5 Å². The van der Waals surface area contributed by atoms with E-state index < -0.39 is 27.8 Å². The summed E-state index contributed by atoms with van der Waals surface area (Å²) in [5.74, 6) is -2.30. The Morgan fingerprint density at radius 2 is 1.68 bits per heavy atom. The largest absolute Gasteiger partial charge is 0.481 e. The summed E-state index contributed by atoms with van der Waals surface area (Å²) in [6, 6.07) is 7.22.